The second kappa shape index (κ2) is 6.50. The fourth-order valence-corrected chi connectivity index (χ4v) is 3.03. The van der Waals surface area contributed by atoms with Crippen LogP contribution in [0.2, 0.25) is 19.6 Å². The van der Waals surface area contributed by atoms with Crippen LogP contribution in [-0.2, 0) is 0 Å². The summed E-state index contributed by atoms with van der Waals surface area (Å²) in [5, 5.41) is 9.61. The van der Waals surface area contributed by atoms with Crippen molar-refractivity contribution >= 4 is 14.0 Å². The van der Waals surface area contributed by atoms with Crippen LogP contribution < -0.4 is 5.56 Å². The molecule has 1 aromatic heterocycles. The number of benzene rings is 1. The molecule has 124 valence electrons. The zero-order valence-electron chi connectivity index (χ0n) is 14.6. The lowest BCUT2D eigenvalue weighted by molar-refractivity contribution is 0.0694. The van der Waals surface area contributed by atoms with Crippen LogP contribution in [-0.4, -0.2) is 23.7 Å². The van der Waals surface area contributed by atoms with Crippen LogP contribution >= 0.6 is 0 Å². The Hall–Kier alpha value is -2.58. The SMILES string of the molecule is Cc1c(C(=O)O)c(C)n(-c2ccccc2)c(=O)c1C#C[Si](C)(C)C. The Labute approximate surface area is 142 Å². The van der Waals surface area contributed by atoms with Gasteiger partial charge in [0, 0.05) is 11.4 Å². The summed E-state index contributed by atoms with van der Waals surface area (Å²) in [7, 11) is -1.70. The van der Waals surface area contributed by atoms with Crippen molar-refractivity contribution in [2.24, 2.45) is 0 Å². The molecule has 0 unspecified atom stereocenters. The lowest BCUT2D eigenvalue weighted by Gasteiger charge is -2.16. The summed E-state index contributed by atoms with van der Waals surface area (Å²) >= 11 is 0. The van der Waals surface area contributed by atoms with Gasteiger partial charge in [0.15, 0.2) is 0 Å². The van der Waals surface area contributed by atoms with Gasteiger partial charge in [-0.3, -0.25) is 9.36 Å². The molecule has 0 fully saturated rings. The number of hydrogen-bond acceptors (Lipinski definition) is 2. The van der Waals surface area contributed by atoms with E-state index < -0.39 is 14.0 Å². The third-order valence-electron chi connectivity index (χ3n) is 3.65. The van der Waals surface area contributed by atoms with Crippen LogP contribution in [0, 0.1) is 25.3 Å². The number of aromatic carboxylic acids is 1. The molecule has 0 aliphatic heterocycles. The third kappa shape index (κ3) is 3.49. The average Bonchev–Trinajstić information content (AvgIpc) is 2.46. The van der Waals surface area contributed by atoms with Gasteiger partial charge in [0.1, 0.15) is 8.07 Å². The molecule has 0 amide bonds. The van der Waals surface area contributed by atoms with Crippen molar-refractivity contribution < 1.29 is 9.90 Å². The van der Waals surface area contributed by atoms with Crippen LogP contribution in [0.3, 0.4) is 0 Å². The fraction of sp³-hybridized carbons (Fsp3) is 0.263. The highest BCUT2D eigenvalue weighted by Crippen LogP contribution is 2.18. The second-order valence-corrected chi connectivity index (χ2v) is 11.5. The summed E-state index contributed by atoms with van der Waals surface area (Å²) in [4.78, 5) is 24.7. The van der Waals surface area contributed by atoms with Crippen LogP contribution in [0.25, 0.3) is 5.69 Å². The van der Waals surface area contributed by atoms with Crippen molar-refractivity contribution in [1.82, 2.24) is 4.57 Å². The van der Waals surface area contributed by atoms with Gasteiger partial charge in [-0.05, 0) is 31.5 Å². The minimum absolute atomic E-state index is 0.137. The molecule has 0 aliphatic rings. The van der Waals surface area contributed by atoms with Crippen molar-refractivity contribution in [1.29, 1.82) is 0 Å². The van der Waals surface area contributed by atoms with E-state index in [4.69, 9.17) is 0 Å². The van der Waals surface area contributed by atoms with E-state index in [-0.39, 0.29) is 16.7 Å². The Kier molecular flexibility index (Phi) is 4.81. The molecule has 0 spiro atoms. The van der Waals surface area contributed by atoms with Crippen molar-refractivity contribution in [3.63, 3.8) is 0 Å². The number of carbonyl (C=O) groups is 1. The molecule has 0 atom stereocenters. The maximum absolute atomic E-state index is 13.0. The van der Waals surface area contributed by atoms with Crippen LogP contribution in [0.15, 0.2) is 35.1 Å². The molecule has 2 aromatic rings. The predicted molar refractivity (Wildman–Crippen MR) is 98.7 cm³/mol. The average molecular weight is 339 g/mol. The first-order valence-corrected chi connectivity index (χ1v) is 11.2. The maximum Gasteiger partial charge on any atom is 0.337 e. The Balaban J connectivity index is 2.91. The van der Waals surface area contributed by atoms with E-state index in [2.05, 4.69) is 31.1 Å². The molecule has 0 saturated carbocycles. The normalized spacial score (nSPS) is 10.9. The first kappa shape index (κ1) is 17.8. The number of nitrogens with zero attached hydrogens (tertiary/aromatic N) is 1. The summed E-state index contributed by atoms with van der Waals surface area (Å²) < 4.78 is 1.44. The van der Waals surface area contributed by atoms with Crippen LogP contribution in [0.1, 0.15) is 27.2 Å². The number of hydrogen-bond donors (Lipinski definition) is 1. The predicted octanol–water partition coefficient (Wildman–Crippen LogP) is 3.38. The van der Waals surface area contributed by atoms with Crippen molar-refractivity contribution in [3.8, 4) is 17.2 Å². The monoisotopic (exact) mass is 339 g/mol. The quantitative estimate of drug-likeness (QED) is 0.674. The molecule has 1 heterocycles. The minimum Gasteiger partial charge on any atom is -0.478 e. The van der Waals surface area contributed by atoms with Gasteiger partial charge in [-0.2, -0.15) is 0 Å². The van der Waals surface area contributed by atoms with Gasteiger partial charge >= 0.3 is 5.97 Å². The first-order chi connectivity index (χ1) is 11.1. The number of pyridine rings is 1. The smallest absolute Gasteiger partial charge is 0.337 e. The summed E-state index contributed by atoms with van der Waals surface area (Å²) in [5.41, 5.74) is 4.78. The molecule has 4 nitrogen and oxygen atoms in total. The largest absolute Gasteiger partial charge is 0.478 e. The summed E-state index contributed by atoms with van der Waals surface area (Å²) in [6.45, 7) is 9.55. The topological polar surface area (TPSA) is 59.3 Å². The van der Waals surface area contributed by atoms with E-state index >= 15 is 0 Å². The molecule has 0 saturated heterocycles. The van der Waals surface area contributed by atoms with Gasteiger partial charge in [0.25, 0.3) is 5.56 Å². The number of rotatable bonds is 2. The van der Waals surface area contributed by atoms with Crippen molar-refractivity contribution in [2.45, 2.75) is 33.5 Å². The van der Waals surface area contributed by atoms with Gasteiger partial charge in [-0.25, -0.2) is 4.79 Å². The molecule has 24 heavy (non-hydrogen) atoms. The fourth-order valence-electron chi connectivity index (χ4n) is 2.53. The number of carboxylic acids is 1. The van der Waals surface area contributed by atoms with Gasteiger partial charge in [-0.1, -0.05) is 43.8 Å². The Morgan fingerprint density at radius 3 is 2.21 bits per heavy atom. The molecule has 0 bridgehead atoms. The summed E-state index contributed by atoms with van der Waals surface area (Å²) in [6, 6.07) is 9.04. The van der Waals surface area contributed by atoms with Gasteiger partial charge in [0.2, 0.25) is 0 Å². The lowest BCUT2D eigenvalue weighted by atomic mass is 10.0. The van der Waals surface area contributed by atoms with E-state index in [1.54, 1.807) is 26.0 Å². The molecule has 1 aromatic carbocycles. The summed E-state index contributed by atoms with van der Waals surface area (Å²) in [5.74, 6) is 1.92. The third-order valence-corrected chi connectivity index (χ3v) is 4.53. The minimum atomic E-state index is -1.70. The zero-order chi connectivity index (χ0) is 18.1. The maximum atomic E-state index is 13.0. The van der Waals surface area contributed by atoms with E-state index in [0.717, 1.165) is 0 Å². The van der Waals surface area contributed by atoms with Crippen LogP contribution in [0.5, 0.6) is 0 Å². The number of carboxylic acid groups (broad SMARTS) is 1. The van der Waals surface area contributed by atoms with Gasteiger partial charge in [0.05, 0.1) is 11.1 Å². The van der Waals surface area contributed by atoms with E-state index in [1.165, 1.54) is 4.57 Å². The zero-order valence-corrected chi connectivity index (χ0v) is 15.6. The Morgan fingerprint density at radius 1 is 1.12 bits per heavy atom. The molecule has 0 radical (unpaired) electrons. The molecular weight excluding hydrogens is 318 g/mol. The van der Waals surface area contributed by atoms with E-state index in [9.17, 15) is 14.7 Å². The van der Waals surface area contributed by atoms with Crippen LogP contribution in [0.4, 0.5) is 0 Å². The Bertz CT molecular complexity index is 910. The van der Waals surface area contributed by atoms with E-state index in [0.29, 0.717) is 16.9 Å². The molecular formula is C19H21NO3Si. The highest BCUT2D eigenvalue weighted by molar-refractivity contribution is 6.83. The highest BCUT2D eigenvalue weighted by atomic mass is 28.3. The molecule has 0 aliphatic carbocycles. The highest BCUT2D eigenvalue weighted by Gasteiger charge is 2.21. The van der Waals surface area contributed by atoms with E-state index in [1.807, 2.05) is 18.2 Å². The standard InChI is InChI=1S/C19H21NO3Si/c1-13-16(11-12-24(3,4)5)18(21)20(14(2)17(13)19(22)23)15-9-7-6-8-10-15/h6-10H,1-5H3,(H,22,23). The molecule has 2 rings (SSSR count). The van der Waals surface area contributed by atoms with Crippen molar-refractivity contribution in [3.05, 3.63) is 63.1 Å². The summed E-state index contributed by atoms with van der Waals surface area (Å²) in [6.07, 6.45) is 0. The number of aromatic nitrogens is 1. The second-order valence-electron chi connectivity index (χ2n) is 6.74. The van der Waals surface area contributed by atoms with Gasteiger partial charge in [-0.15, -0.1) is 5.54 Å². The lowest BCUT2D eigenvalue weighted by Crippen LogP contribution is -2.28. The number of para-hydroxylation sites is 1. The molecule has 5 heteroatoms. The molecule has 1 N–H and O–H groups in total. The Morgan fingerprint density at radius 2 is 1.71 bits per heavy atom. The first-order valence-electron chi connectivity index (χ1n) is 7.71. The van der Waals surface area contributed by atoms with Gasteiger partial charge < -0.3 is 5.11 Å². The van der Waals surface area contributed by atoms with Crippen molar-refractivity contribution in [2.75, 3.05) is 0 Å².